The van der Waals surface area contributed by atoms with E-state index in [1.165, 1.54) is 0 Å². The Kier molecular flexibility index (Phi) is 5.39. The first-order valence-electron chi connectivity index (χ1n) is 2.66. The van der Waals surface area contributed by atoms with Crippen LogP contribution in [0.1, 0.15) is 0 Å². The van der Waals surface area contributed by atoms with Crippen molar-refractivity contribution in [1.82, 2.24) is 0 Å². The first-order chi connectivity index (χ1) is 3.93. The maximum atomic E-state index is 2.33. The molecule has 0 nitrogen and oxygen atoms in total. The molecule has 0 saturated heterocycles. The van der Waals surface area contributed by atoms with E-state index in [-0.39, 0.29) is 34.6 Å². The minimum Gasteiger partial charge on any atom is -2.00 e. The smallest absolute Gasteiger partial charge is 2.00 e. The van der Waals surface area contributed by atoms with Gasteiger partial charge in [0.25, 0.3) is 0 Å². The summed E-state index contributed by atoms with van der Waals surface area (Å²) < 4.78 is 1.58. The van der Waals surface area contributed by atoms with Gasteiger partial charge >= 0.3 is 60.0 Å². The predicted molar refractivity (Wildman–Crippen MR) is 45.1 cm³/mol. The van der Waals surface area contributed by atoms with Crippen molar-refractivity contribution in [3.05, 3.63) is 30.3 Å². The number of hydrogen-bond donors (Lipinski definition) is 0. The normalized spacial score (nSPS) is 7.22. The first kappa shape index (κ1) is 9.37. The van der Waals surface area contributed by atoms with Gasteiger partial charge in [0.15, 0.2) is 0 Å². The van der Waals surface area contributed by atoms with Crippen LogP contribution >= 0.6 is 0 Å². The van der Waals surface area contributed by atoms with E-state index in [1.807, 2.05) is 0 Å². The molecule has 0 spiro atoms. The number of rotatable bonds is 1. The van der Waals surface area contributed by atoms with Crippen LogP contribution in [0.15, 0.2) is 30.3 Å². The molecule has 1 rings (SSSR count). The molecule has 1 aromatic carbocycles. The average molecular weight is 243 g/mol. The Morgan fingerprint density at radius 3 is 2.00 bits per heavy atom. The SMILES string of the molecule is [CH3][Sn+2][c]1ccccc1.[S-2]. The standard InChI is InChI=1S/C6H5.CH3.S.Sn/c1-2-4-6-5-3-1;;;/h1-5H;1H3;;/q;;-2;+2. The van der Waals surface area contributed by atoms with E-state index in [1.54, 1.807) is 3.58 Å². The van der Waals surface area contributed by atoms with Gasteiger partial charge in [-0.05, 0) is 0 Å². The minimum atomic E-state index is -0.144. The third-order valence-corrected chi connectivity index (χ3v) is 3.66. The zero-order valence-corrected chi connectivity index (χ0v) is 8.97. The van der Waals surface area contributed by atoms with Crippen LogP contribution in [-0.4, -0.2) is 21.1 Å². The monoisotopic (exact) mass is 244 g/mol. The molecule has 0 amide bonds. The fraction of sp³-hybridized carbons (Fsp3) is 0.143. The van der Waals surface area contributed by atoms with Gasteiger partial charge in [0.2, 0.25) is 0 Å². The van der Waals surface area contributed by atoms with Crippen molar-refractivity contribution in [3.8, 4) is 0 Å². The number of benzene rings is 1. The Labute approximate surface area is 73.3 Å². The van der Waals surface area contributed by atoms with Gasteiger partial charge in [-0.2, -0.15) is 0 Å². The van der Waals surface area contributed by atoms with Gasteiger partial charge in [-0.3, -0.25) is 0 Å². The Hall–Kier alpha value is 0.369. The molecule has 0 radical (unpaired) electrons. The third-order valence-electron chi connectivity index (χ3n) is 1.06. The van der Waals surface area contributed by atoms with Crippen molar-refractivity contribution in [2.45, 2.75) is 4.94 Å². The van der Waals surface area contributed by atoms with Crippen LogP contribution in [0, 0.1) is 0 Å². The van der Waals surface area contributed by atoms with Crippen LogP contribution in [0.3, 0.4) is 0 Å². The zero-order chi connectivity index (χ0) is 5.82. The average Bonchev–Trinajstić information content (AvgIpc) is 1.90. The van der Waals surface area contributed by atoms with Gasteiger partial charge in [0.05, 0.1) is 0 Å². The van der Waals surface area contributed by atoms with Crippen LogP contribution in [0.2, 0.25) is 4.94 Å². The van der Waals surface area contributed by atoms with E-state index < -0.39 is 0 Å². The second-order valence-corrected chi connectivity index (χ2v) is 4.69. The molecule has 0 aromatic heterocycles. The molecule has 0 aliphatic heterocycles. The van der Waals surface area contributed by atoms with Crippen LogP contribution in [0.5, 0.6) is 0 Å². The van der Waals surface area contributed by atoms with Crippen molar-refractivity contribution in [3.63, 3.8) is 0 Å². The Bertz CT molecular complexity index is 150. The van der Waals surface area contributed by atoms with Crippen LogP contribution in [-0.2, 0) is 13.5 Å². The second kappa shape index (κ2) is 5.18. The summed E-state index contributed by atoms with van der Waals surface area (Å²) in [6.07, 6.45) is 0. The summed E-state index contributed by atoms with van der Waals surface area (Å²) in [7, 11) is 0. The van der Waals surface area contributed by atoms with Crippen molar-refractivity contribution >= 4 is 38.2 Å². The molecular weight excluding hydrogens is 235 g/mol. The maximum absolute atomic E-state index is 2.33. The largest absolute Gasteiger partial charge is 2.00 e. The molecular formula is C7H8SSn. The fourth-order valence-corrected chi connectivity index (χ4v) is 2.11. The van der Waals surface area contributed by atoms with Crippen molar-refractivity contribution in [2.24, 2.45) is 0 Å². The molecule has 0 aliphatic rings. The van der Waals surface area contributed by atoms with Gasteiger partial charge in [-0.15, -0.1) is 0 Å². The fourth-order valence-electron chi connectivity index (χ4n) is 0.605. The van der Waals surface area contributed by atoms with Crippen LogP contribution < -0.4 is 3.58 Å². The van der Waals surface area contributed by atoms with E-state index in [9.17, 15) is 0 Å². The third kappa shape index (κ3) is 3.16. The molecule has 9 heavy (non-hydrogen) atoms. The molecule has 0 unspecified atom stereocenters. The zero-order valence-electron chi connectivity index (χ0n) is 5.29. The molecule has 2 heteroatoms. The summed E-state index contributed by atoms with van der Waals surface area (Å²) in [5, 5.41) is 0. The molecule has 0 aliphatic carbocycles. The summed E-state index contributed by atoms with van der Waals surface area (Å²) in [4.78, 5) is 2.33. The molecule has 0 saturated carbocycles. The van der Waals surface area contributed by atoms with Gasteiger partial charge < -0.3 is 13.5 Å². The minimum absolute atomic E-state index is 0. The predicted octanol–water partition coefficient (Wildman–Crippen LogP) is 1.06. The molecule has 0 bridgehead atoms. The number of hydrogen-bond acceptors (Lipinski definition) is 0. The summed E-state index contributed by atoms with van der Waals surface area (Å²) in [5.74, 6) is 0. The quantitative estimate of drug-likeness (QED) is 0.647. The summed E-state index contributed by atoms with van der Waals surface area (Å²) in [5.41, 5.74) is 0. The van der Waals surface area contributed by atoms with E-state index in [4.69, 9.17) is 0 Å². The Morgan fingerprint density at radius 2 is 1.67 bits per heavy atom. The van der Waals surface area contributed by atoms with E-state index in [0.717, 1.165) is 0 Å². The topological polar surface area (TPSA) is 0 Å². The molecule has 0 N–H and O–H groups in total. The summed E-state index contributed by atoms with van der Waals surface area (Å²) >= 11 is -0.144. The van der Waals surface area contributed by atoms with Gasteiger partial charge in [-0.1, -0.05) is 0 Å². The van der Waals surface area contributed by atoms with Gasteiger partial charge in [0.1, 0.15) is 0 Å². The molecule has 46 valence electrons. The molecule has 0 fully saturated rings. The van der Waals surface area contributed by atoms with E-state index in [2.05, 4.69) is 35.3 Å². The van der Waals surface area contributed by atoms with Crippen molar-refractivity contribution in [1.29, 1.82) is 0 Å². The molecule has 0 atom stereocenters. The summed E-state index contributed by atoms with van der Waals surface area (Å²) in [6.45, 7) is 0. The van der Waals surface area contributed by atoms with Gasteiger partial charge in [-0.25, -0.2) is 0 Å². The molecule has 1 aromatic rings. The maximum Gasteiger partial charge on any atom is -2.00 e. The van der Waals surface area contributed by atoms with Crippen LogP contribution in [0.4, 0.5) is 0 Å². The van der Waals surface area contributed by atoms with E-state index in [0.29, 0.717) is 0 Å². The van der Waals surface area contributed by atoms with Crippen molar-refractivity contribution < 1.29 is 0 Å². The second-order valence-electron chi connectivity index (χ2n) is 1.62. The summed E-state index contributed by atoms with van der Waals surface area (Å²) in [6, 6.07) is 10.7. The Morgan fingerprint density at radius 1 is 1.11 bits per heavy atom. The first-order valence-corrected chi connectivity index (χ1v) is 6.94. The van der Waals surface area contributed by atoms with Crippen molar-refractivity contribution in [2.75, 3.05) is 0 Å². The van der Waals surface area contributed by atoms with Gasteiger partial charge in [0, 0.05) is 0 Å². The Balaban J connectivity index is 0.000000640. The van der Waals surface area contributed by atoms with Crippen LogP contribution in [0.25, 0.3) is 0 Å². The van der Waals surface area contributed by atoms with E-state index >= 15 is 0 Å². The molecule has 0 heterocycles.